The lowest BCUT2D eigenvalue weighted by molar-refractivity contribution is -0.127. The first kappa shape index (κ1) is 15.0. The Kier molecular flexibility index (Phi) is 4.52. The Morgan fingerprint density at radius 3 is 2.65 bits per heavy atom. The molecule has 0 fully saturated rings. The van der Waals surface area contributed by atoms with Crippen molar-refractivity contribution in [3.05, 3.63) is 72.6 Å². The van der Waals surface area contributed by atoms with Gasteiger partial charge in [-0.25, -0.2) is 0 Å². The summed E-state index contributed by atoms with van der Waals surface area (Å²) in [5.41, 5.74) is 1.01. The monoisotopic (exact) mass is 306 g/mol. The first-order chi connectivity index (χ1) is 11.2. The standard InChI is InChI=1S/C19H18N2O2/c1-14(19(22)21-13-15-9-11-20-12-10-15)23-18-8-4-6-16-5-2-3-7-17(16)18/h2-12,14H,13H2,1H3,(H,21,22)/t14-/m1/s1. The molecule has 0 aliphatic carbocycles. The van der Waals surface area contributed by atoms with Gasteiger partial charge in [-0.2, -0.15) is 0 Å². The second-order valence-corrected chi connectivity index (χ2v) is 5.31. The first-order valence-electron chi connectivity index (χ1n) is 7.55. The molecule has 23 heavy (non-hydrogen) atoms. The summed E-state index contributed by atoms with van der Waals surface area (Å²) in [5.74, 6) is 0.574. The second-order valence-electron chi connectivity index (χ2n) is 5.31. The van der Waals surface area contributed by atoms with Crippen molar-refractivity contribution in [2.24, 2.45) is 0 Å². The molecule has 2 aromatic carbocycles. The van der Waals surface area contributed by atoms with Gasteiger partial charge in [0.15, 0.2) is 6.10 Å². The van der Waals surface area contributed by atoms with Crippen LogP contribution in [-0.2, 0) is 11.3 Å². The summed E-state index contributed by atoms with van der Waals surface area (Å²) in [5, 5.41) is 4.97. The number of amides is 1. The zero-order chi connectivity index (χ0) is 16.1. The third-order valence-corrected chi connectivity index (χ3v) is 3.64. The van der Waals surface area contributed by atoms with Crippen LogP contribution in [-0.4, -0.2) is 17.0 Å². The molecule has 0 spiro atoms. The zero-order valence-corrected chi connectivity index (χ0v) is 12.9. The number of hydrogen-bond acceptors (Lipinski definition) is 3. The van der Waals surface area contributed by atoms with Crippen LogP contribution >= 0.6 is 0 Å². The Bertz CT molecular complexity index is 797. The number of pyridine rings is 1. The number of benzene rings is 2. The molecule has 0 aliphatic heterocycles. The molecule has 0 aliphatic rings. The van der Waals surface area contributed by atoms with E-state index < -0.39 is 6.10 Å². The smallest absolute Gasteiger partial charge is 0.261 e. The van der Waals surface area contributed by atoms with Crippen molar-refractivity contribution in [3.63, 3.8) is 0 Å². The third-order valence-electron chi connectivity index (χ3n) is 3.64. The van der Waals surface area contributed by atoms with Gasteiger partial charge >= 0.3 is 0 Å². The van der Waals surface area contributed by atoms with Gasteiger partial charge in [0, 0.05) is 24.3 Å². The first-order valence-corrected chi connectivity index (χ1v) is 7.55. The van der Waals surface area contributed by atoms with Crippen LogP contribution in [0.15, 0.2) is 67.0 Å². The maximum atomic E-state index is 12.2. The minimum absolute atomic E-state index is 0.144. The number of nitrogens with zero attached hydrogens (tertiary/aromatic N) is 1. The Labute approximate surface area is 135 Å². The van der Waals surface area contributed by atoms with Gasteiger partial charge in [0.05, 0.1) is 0 Å². The van der Waals surface area contributed by atoms with E-state index in [2.05, 4.69) is 10.3 Å². The van der Waals surface area contributed by atoms with Crippen molar-refractivity contribution in [2.45, 2.75) is 19.6 Å². The van der Waals surface area contributed by atoms with Crippen LogP contribution in [0.2, 0.25) is 0 Å². The van der Waals surface area contributed by atoms with Crippen LogP contribution in [0.4, 0.5) is 0 Å². The second kappa shape index (κ2) is 6.92. The fourth-order valence-electron chi connectivity index (χ4n) is 2.38. The molecule has 0 saturated heterocycles. The maximum Gasteiger partial charge on any atom is 0.261 e. The van der Waals surface area contributed by atoms with Gasteiger partial charge in [0.25, 0.3) is 5.91 Å². The number of nitrogens with one attached hydrogen (secondary N) is 1. The highest BCUT2D eigenvalue weighted by atomic mass is 16.5. The highest BCUT2D eigenvalue weighted by molar-refractivity contribution is 5.89. The molecule has 4 heteroatoms. The Morgan fingerprint density at radius 1 is 1.09 bits per heavy atom. The molecule has 3 aromatic rings. The van der Waals surface area contributed by atoms with Crippen LogP contribution in [0.25, 0.3) is 10.8 Å². The summed E-state index contributed by atoms with van der Waals surface area (Å²) in [6, 6.07) is 17.5. The summed E-state index contributed by atoms with van der Waals surface area (Å²) in [6.45, 7) is 2.22. The lowest BCUT2D eigenvalue weighted by Crippen LogP contribution is -2.35. The SMILES string of the molecule is C[C@@H](Oc1cccc2ccccc12)C(=O)NCc1ccncc1. The van der Waals surface area contributed by atoms with Crippen LogP contribution in [0, 0.1) is 0 Å². The molecule has 0 unspecified atom stereocenters. The van der Waals surface area contributed by atoms with E-state index in [0.717, 1.165) is 22.1 Å². The van der Waals surface area contributed by atoms with E-state index in [4.69, 9.17) is 4.74 Å². The average molecular weight is 306 g/mol. The van der Waals surface area contributed by atoms with Crippen LogP contribution in [0.1, 0.15) is 12.5 Å². The number of hydrogen-bond donors (Lipinski definition) is 1. The zero-order valence-electron chi connectivity index (χ0n) is 12.9. The number of rotatable bonds is 5. The Balaban J connectivity index is 1.66. The van der Waals surface area contributed by atoms with E-state index in [1.165, 1.54) is 0 Å². The molecule has 0 bridgehead atoms. The van der Waals surface area contributed by atoms with Crippen LogP contribution in [0.3, 0.4) is 0 Å². The fourth-order valence-corrected chi connectivity index (χ4v) is 2.38. The molecule has 4 nitrogen and oxygen atoms in total. The number of aromatic nitrogens is 1. The van der Waals surface area contributed by atoms with Crippen LogP contribution < -0.4 is 10.1 Å². The molecular weight excluding hydrogens is 288 g/mol. The predicted molar refractivity (Wildman–Crippen MR) is 90.1 cm³/mol. The number of carbonyl (C=O) groups excluding carboxylic acids is 1. The number of ether oxygens (including phenoxy) is 1. The molecular formula is C19H18N2O2. The summed E-state index contributed by atoms with van der Waals surface area (Å²) >= 11 is 0. The average Bonchev–Trinajstić information content (AvgIpc) is 2.61. The lowest BCUT2D eigenvalue weighted by atomic mass is 10.1. The quantitative estimate of drug-likeness (QED) is 0.786. The van der Waals surface area contributed by atoms with E-state index in [-0.39, 0.29) is 5.91 Å². The van der Waals surface area contributed by atoms with Crippen molar-refractivity contribution in [1.82, 2.24) is 10.3 Å². The van der Waals surface area contributed by atoms with E-state index >= 15 is 0 Å². The highest BCUT2D eigenvalue weighted by Gasteiger charge is 2.15. The third kappa shape index (κ3) is 3.66. The van der Waals surface area contributed by atoms with E-state index in [1.54, 1.807) is 19.3 Å². The normalized spacial score (nSPS) is 11.9. The Morgan fingerprint density at radius 2 is 1.83 bits per heavy atom. The van der Waals surface area contributed by atoms with Crippen molar-refractivity contribution in [1.29, 1.82) is 0 Å². The summed E-state index contributed by atoms with van der Waals surface area (Å²) in [4.78, 5) is 16.2. The van der Waals surface area contributed by atoms with Gasteiger partial charge in [0.1, 0.15) is 5.75 Å². The fraction of sp³-hybridized carbons (Fsp3) is 0.158. The molecule has 1 amide bonds. The summed E-state index contributed by atoms with van der Waals surface area (Å²) < 4.78 is 5.85. The van der Waals surface area contributed by atoms with Crippen molar-refractivity contribution in [2.75, 3.05) is 0 Å². The lowest BCUT2D eigenvalue weighted by Gasteiger charge is -2.16. The minimum Gasteiger partial charge on any atom is -0.480 e. The van der Waals surface area contributed by atoms with E-state index in [0.29, 0.717) is 6.54 Å². The molecule has 1 heterocycles. The molecule has 1 N–H and O–H groups in total. The predicted octanol–water partition coefficient (Wildman–Crippen LogP) is 3.32. The largest absolute Gasteiger partial charge is 0.480 e. The topological polar surface area (TPSA) is 51.2 Å². The van der Waals surface area contributed by atoms with E-state index in [9.17, 15) is 4.79 Å². The summed E-state index contributed by atoms with van der Waals surface area (Å²) in [7, 11) is 0. The minimum atomic E-state index is -0.567. The highest BCUT2D eigenvalue weighted by Crippen LogP contribution is 2.26. The molecule has 0 saturated carbocycles. The van der Waals surface area contributed by atoms with Gasteiger partial charge < -0.3 is 10.1 Å². The number of fused-ring (bicyclic) bond motifs is 1. The molecule has 116 valence electrons. The van der Waals surface area contributed by atoms with E-state index in [1.807, 2.05) is 54.6 Å². The number of carbonyl (C=O) groups is 1. The van der Waals surface area contributed by atoms with Crippen LogP contribution in [0.5, 0.6) is 5.75 Å². The molecule has 0 radical (unpaired) electrons. The van der Waals surface area contributed by atoms with Gasteiger partial charge in [-0.1, -0.05) is 36.4 Å². The van der Waals surface area contributed by atoms with Gasteiger partial charge in [-0.15, -0.1) is 0 Å². The van der Waals surface area contributed by atoms with Gasteiger partial charge in [-0.3, -0.25) is 9.78 Å². The molecule has 3 rings (SSSR count). The van der Waals surface area contributed by atoms with Gasteiger partial charge in [-0.05, 0) is 36.1 Å². The molecule has 1 atom stereocenters. The van der Waals surface area contributed by atoms with Crippen molar-refractivity contribution in [3.8, 4) is 5.75 Å². The Hall–Kier alpha value is -2.88. The molecule has 1 aromatic heterocycles. The van der Waals surface area contributed by atoms with Crippen molar-refractivity contribution >= 4 is 16.7 Å². The van der Waals surface area contributed by atoms with Gasteiger partial charge in [0.2, 0.25) is 0 Å². The van der Waals surface area contributed by atoms with Crippen molar-refractivity contribution < 1.29 is 9.53 Å². The maximum absolute atomic E-state index is 12.2. The summed E-state index contributed by atoms with van der Waals surface area (Å²) in [6.07, 6.45) is 2.84.